The van der Waals surface area contributed by atoms with Gasteiger partial charge in [-0.15, -0.1) is 11.8 Å². The van der Waals surface area contributed by atoms with E-state index in [0.29, 0.717) is 16.3 Å². The number of aromatic nitrogens is 2. The third kappa shape index (κ3) is 3.55. The monoisotopic (exact) mass is 374 g/mol. The molecule has 1 amide bonds. The smallest absolute Gasteiger partial charge is 0.344 e. The molecule has 0 unspecified atom stereocenters. The fourth-order valence-corrected chi connectivity index (χ4v) is 3.16. The van der Waals surface area contributed by atoms with E-state index in [1.807, 2.05) is 19.2 Å². The highest BCUT2D eigenvalue weighted by atomic mass is 32.2. The molecule has 1 saturated carbocycles. The van der Waals surface area contributed by atoms with E-state index in [1.165, 1.54) is 16.4 Å². The Bertz CT molecular complexity index is 858. The highest BCUT2D eigenvalue weighted by Gasteiger charge is 2.26. The van der Waals surface area contributed by atoms with Crippen LogP contribution in [0.4, 0.5) is 5.82 Å². The minimum absolute atomic E-state index is 0.116. The number of esters is 1. The number of nitrogens with one attached hydrogen (secondary N) is 1. The Morgan fingerprint density at radius 3 is 2.77 bits per heavy atom. The number of benzene rings is 1. The molecule has 2 aromatic rings. The molecule has 7 nitrogen and oxygen atoms in total. The zero-order valence-electron chi connectivity index (χ0n) is 15.0. The topological polar surface area (TPSA) is 99.2 Å². The summed E-state index contributed by atoms with van der Waals surface area (Å²) in [5.41, 5.74) is 8.57. The lowest BCUT2D eigenvalue weighted by Gasteiger charge is -2.11. The van der Waals surface area contributed by atoms with Crippen molar-refractivity contribution in [1.29, 1.82) is 0 Å². The SMILES string of the molecule is CCOC(=O)c1c(SC)nn(-c2cc(C(=O)NC3CC3)ccc2C)c1N. The molecule has 0 atom stereocenters. The number of hydrogen-bond donors (Lipinski definition) is 2. The van der Waals surface area contributed by atoms with Crippen molar-refractivity contribution in [2.45, 2.75) is 37.8 Å². The highest BCUT2D eigenvalue weighted by molar-refractivity contribution is 7.98. The fourth-order valence-electron chi connectivity index (χ4n) is 2.61. The number of carbonyl (C=O) groups excluding carboxylic acids is 2. The van der Waals surface area contributed by atoms with Gasteiger partial charge in [0.25, 0.3) is 5.91 Å². The van der Waals surface area contributed by atoms with Crippen LogP contribution >= 0.6 is 11.8 Å². The van der Waals surface area contributed by atoms with Crippen LogP contribution < -0.4 is 11.1 Å². The Kier molecular flexibility index (Phi) is 5.22. The van der Waals surface area contributed by atoms with Crippen molar-refractivity contribution in [3.63, 3.8) is 0 Å². The van der Waals surface area contributed by atoms with Crippen LogP contribution in [-0.4, -0.2) is 40.6 Å². The zero-order valence-corrected chi connectivity index (χ0v) is 15.9. The van der Waals surface area contributed by atoms with Crippen molar-refractivity contribution >= 4 is 29.5 Å². The van der Waals surface area contributed by atoms with Crippen molar-refractivity contribution in [1.82, 2.24) is 15.1 Å². The van der Waals surface area contributed by atoms with Gasteiger partial charge in [0.1, 0.15) is 16.4 Å². The molecule has 0 bridgehead atoms. The number of amides is 1. The lowest BCUT2D eigenvalue weighted by molar-refractivity contribution is 0.0523. The molecule has 1 fully saturated rings. The van der Waals surface area contributed by atoms with Gasteiger partial charge in [0.15, 0.2) is 0 Å². The number of thioether (sulfide) groups is 1. The van der Waals surface area contributed by atoms with Gasteiger partial charge in [0.2, 0.25) is 0 Å². The summed E-state index contributed by atoms with van der Waals surface area (Å²) in [5, 5.41) is 7.92. The van der Waals surface area contributed by atoms with Gasteiger partial charge >= 0.3 is 5.97 Å². The van der Waals surface area contributed by atoms with Gasteiger partial charge in [0.05, 0.1) is 12.3 Å². The molecule has 1 heterocycles. The maximum atomic E-state index is 12.3. The quantitative estimate of drug-likeness (QED) is 0.595. The van der Waals surface area contributed by atoms with Gasteiger partial charge in [-0.05, 0) is 50.6 Å². The number of aryl methyl sites for hydroxylation is 1. The van der Waals surface area contributed by atoms with Gasteiger partial charge in [-0.25, -0.2) is 9.48 Å². The summed E-state index contributed by atoms with van der Waals surface area (Å²) in [7, 11) is 0. The first-order valence-electron chi connectivity index (χ1n) is 8.47. The molecule has 0 saturated heterocycles. The number of anilines is 1. The molecular weight excluding hydrogens is 352 g/mol. The molecule has 0 spiro atoms. The molecule has 1 aromatic heterocycles. The Balaban J connectivity index is 2.02. The molecule has 1 aliphatic rings. The molecular formula is C18H22N4O3S. The van der Waals surface area contributed by atoms with Crippen LogP contribution in [0, 0.1) is 6.92 Å². The van der Waals surface area contributed by atoms with E-state index in [1.54, 1.807) is 19.1 Å². The maximum Gasteiger partial charge on any atom is 0.344 e. The first kappa shape index (κ1) is 18.3. The molecule has 3 rings (SSSR count). The second kappa shape index (κ2) is 7.41. The summed E-state index contributed by atoms with van der Waals surface area (Å²) in [6.45, 7) is 3.90. The van der Waals surface area contributed by atoms with Gasteiger partial charge in [0, 0.05) is 11.6 Å². The summed E-state index contributed by atoms with van der Waals surface area (Å²) < 4.78 is 6.59. The number of hydrogen-bond acceptors (Lipinski definition) is 6. The molecule has 1 aliphatic carbocycles. The number of carbonyl (C=O) groups is 2. The van der Waals surface area contributed by atoms with Crippen LogP contribution in [0.3, 0.4) is 0 Å². The van der Waals surface area contributed by atoms with Crippen molar-refractivity contribution < 1.29 is 14.3 Å². The van der Waals surface area contributed by atoms with Crippen molar-refractivity contribution in [2.75, 3.05) is 18.6 Å². The van der Waals surface area contributed by atoms with Gasteiger partial charge < -0.3 is 15.8 Å². The third-order valence-corrected chi connectivity index (χ3v) is 4.85. The van der Waals surface area contributed by atoms with Crippen LogP contribution in [0.5, 0.6) is 0 Å². The van der Waals surface area contributed by atoms with Gasteiger partial charge in [-0.1, -0.05) is 6.07 Å². The van der Waals surface area contributed by atoms with Crippen molar-refractivity contribution in [2.24, 2.45) is 0 Å². The van der Waals surface area contributed by atoms with E-state index in [0.717, 1.165) is 18.4 Å². The fraction of sp³-hybridized carbons (Fsp3) is 0.389. The van der Waals surface area contributed by atoms with Crippen molar-refractivity contribution in [3.05, 3.63) is 34.9 Å². The normalized spacial score (nSPS) is 13.5. The predicted molar refractivity (Wildman–Crippen MR) is 101 cm³/mol. The molecule has 1 aromatic carbocycles. The van der Waals surface area contributed by atoms with Gasteiger partial charge in [-0.2, -0.15) is 5.10 Å². The minimum atomic E-state index is -0.499. The second-order valence-electron chi connectivity index (χ2n) is 6.15. The maximum absolute atomic E-state index is 12.3. The summed E-state index contributed by atoms with van der Waals surface area (Å²) >= 11 is 1.32. The molecule has 3 N–H and O–H groups in total. The Labute approximate surface area is 156 Å². The van der Waals surface area contributed by atoms with E-state index >= 15 is 0 Å². The summed E-state index contributed by atoms with van der Waals surface area (Å²) in [4.78, 5) is 24.6. The minimum Gasteiger partial charge on any atom is -0.462 e. The van der Waals surface area contributed by atoms with Crippen LogP contribution in [-0.2, 0) is 4.74 Å². The Hall–Kier alpha value is -2.48. The first-order valence-corrected chi connectivity index (χ1v) is 9.70. The summed E-state index contributed by atoms with van der Waals surface area (Å²) in [6.07, 6.45) is 3.87. The largest absolute Gasteiger partial charge is 0.462 e. The van der Waals surface area contributed by atoms with Crippen LogP contribution in [0.2, 0.25) is 0 Å². The molecule has 0 aliphatic heterocycles. The van der Waals surface area contributed by atoms with Gasteiger partial charge in [-0.3, -0.25) is 4.79 Å². The Morgan fingerprint density at radius 2 is 2.15 bits per heavy atom. The second-order valence-corrected chi connectivity index (χ2v) is 6.95. The number of nitrogen functional groups attached to an aromatic ring is 1. The Morgan fingerprint density at radius 1 is 1.42 bits per heavy atom. The lowest BCUT2D eigenvalue weighted by atomic mass is 10.1. The number of rotatable bonds is 6. The third-order valence-electron chi connectivity index (χ3n) is 4.17. The van der Waals surface area contributed by atoms with E-state index < -0.39 is 5.97 Å². The zero-order chi connectivity index (χ0) is 18.8. The van der Waals surface area contributed by atoms with Crippen LogP contribution in [0.1, 0.15) is 46.0 Å². The number of ether oxygens (including phenoxy) is 1. The summed E-state index contributed by atoms with van der Waals surface area (Å²) in [5.74, 6) is -0.410. The van der Waals surface area contributed by atoms with Crippen LogP contribution in [0.15, 0.2) is 23.2 Å². The molecule has 0 radical (unpaired) electrons. The van der Waals surface area contributed by atoms with Crippen molar-refractivity contribution in [3.8, 4) is 5.69 Å². The molecule has 138 valence electrons. The average molecular weight is 374 g/mol. The summed E-state index contributed by atoms with van der Waals surface area (Å²) in [6, 6.07) is 5.65. The van der Waals surface area contributed by atoms with E-state index in [-0.39, 0.29) is 29.9 Å². The predicted octanol–water partition coefficient (Wildman–Crippen LogP) is 2.55. The first-order chi connectivity index (χ1) is 12.5. The van der Waals surface area contributed by atoms with Crippen LogP contribution in [0.25, 0.3) is 5.69 Å². The lowest BCUT2D eigenvalue weighted by Crippen LogP contribution is -2.25. The van der Waals surface area contributed by atoms with E-state index in [4.69, 9.17) is 10.5 Å². The number of nitrogens with zero attached hydrogens (tertiary/aromatic N) is 2. The van der Waals surface area contributed by atoms with E-state index in [2.05, 4.69) is 10.4 Å². The number of nitrogens with two attached hydrogens (primary N) is 1. The average Bonchev–Trinajstić information content (AvgIpc) is 3.36. The van der Waals surface area contributed by atoms with E-state index in [9.17, 15) is 9.59 Å². The standard InChI is InChI=1S/C18H22N4O3S/c1-4-25-18(24)14-15(19)22(21-17(14)26-3)13-9-11(6-5-10(13)2)16(23)20-12-7-8-12/h5-6,9,12H,4,7-8,19H2,1-3H3,(H,20,23). The molecule has 26 heavy (non-hydrogen) atoms. The molecule has 8 heteroatoms. The highest BCUT2D eigenvalue weighted by Crippen LogP contribution is 2.29.